The Balaban J connectivity index is 2.89. The molecular weight excluding hydrogens is 214 g/mol. The number of ether oxygens (including phenoxy) is 1. The van der Waals surface area contributed by atoms with Crippen molar-refractivity contribution in [2.45, 2.75) is 0 Å². The van der Waals surface area contributed by atoms with E-state index < -0.39 is 4.92 Å². The molecular formula is C9H7N3O4. The Kier molecular flexibility index (Phi) is 2.28. The average molecular weight is 221 g/mol. The summed E-state index contributed by atoms with van der Waals surface area (Å²) in [5, 5.41) is 14.0. The van der Waals surface area contributed by atoms with E-state index in [2.05, 4.69) is 10.2 Å². The maximum absolute atomic E-state index is 10.8. The molecule has 0 bridgehead atoms. The van der Waals surface area contributed by atoms with Crippen molar-refractivity contribution < 1.29 is 9.66 Å². The van der Waals surface area contributed by atoms with Gasteiger partial charge in [-0.05, 0) is 11.2 Å². The Morgan fingerprint density at radius 1 is 1.56 bits per heavy atom. The standard InChI is InChI=1S/C9H7N3O4/c1-16-9-5-2-3-10-8(5)6(11-13)4-7(9)12(14)15/h2-4,10H,1H3. The molecule has 1 aromatic heterocycles. The predicted molar refractivity (Wildman–Crippen MR) is 57.0 cm³/mol. The molecule has 2 rings (SSSR count). The molecule has 0 saturated carbocycles. The van der Waals surface area contributed by atoms with E-state index in [-0.39, 0.29) is 17.1 Å². The van der Waals surface area contributed by atoms with Gasteiger partial charge >= 0.3 is 5.69 Å². The van der Waals surface area contributed by atoms with E-state index in [4.69, 9.17) is 4.74 Å². The molecule has 1 aromatic carbocycles. The summed E-state index contributed by atoms with van der Waals surface area (Å²) in [4.78, 5) is 23.5. The normalized spacial score (nSPS) is 10.3. The third-order valence-corrected chi connectivity index (χ3v) is 2.25. The molecule has 16 heavy (non-hydrogen) atoms. The average Bonchev–Trinajstić information content (AvgIpc) is 2.75. The van der Waals surface area contributed by atoms with Gasteiger partial charge in [0.25, 0.3) is 0 Å². The molecule has 0 atom stereocenters. The van der Waals surface area contributed by atoms with Crippen LogP contribution >= 0.6 is 0 Å². The summed E-state index contributed by atoms with van der Waals surface area (Å²) in [6, 6.07) is 2.68. The fraction of sp³-hybridized carbons (Fsp3) is 0.111. The zero-order valence-corrected chi connectivity index (χ0v) is 8.26. The fourth-order valence-corrected chi connectivity index (χ4v) is 1.60. The van der Waals surface area contributed by atoms with Crippen LogP contribution in [0.4, 0.5) is 11.4 Å². The number of nitrogens with zero attached hydrogens (tertiary/aromatic N) is 2. The van der Waals surface area contributed by atoms with E-state index in [9.17, 15) is 15.0 Å². The Morgan fingerprint density at radius 3 is 2.88 bits per heavy atom. The summed E-state index contributed by atoms with van der Waals surface area (Å²) in [5.41, 5.74) is 0.147. The number of benzene rings is 1. The number of hydrogen-bond donors (Lipinski definition) is 1. The molecule has 7 heteroatoms. The number of aromatic nitrogens is 1. The van der Waals surface area contributed by atoms with E-state index in [1.807, 2.05) is 0 Å². The van der Waals surface area contributed by atoms with Crippen LogP contribution in [0, 0.1) is 15.0 Å². The van der Waals surface area contributed by atoms with Gasteiger partial charge in [0.1, 0.15) is 5.69 Å². The van der Waals surface area contributed by atoms with Gasteiger partial charge < -0.3 is 9.72 Å². The van der Waals surface area contributed by atoms with Crippen LogP contribution < -0.4 is 4.74 Å². The minimum atomic E-state index is -0.611. The van der Waals surface area contributed by atoms with Crippen LogP contribution in [0.3, 0.4) is 0 Å². The first-order valence-electron chi connectivity index (χ1n) is 4.35. The summed E-state index contributed by atoms with van der Waals surface area (Å²) in [5.74, 6) is 0.119. The topological polar surface area (TPSA) is 97.6 Å². The first-order chi connectivity index (χ1) is 7.69. The van der Waals surface area contributed by atoms with Crippen molar-refractivity contribution in [2.75, 3.05) is 7.11 Å². The quantitative estimate of drug-likeness (QED) is 0.489. The highest BCUT2D eigenvalue weighted by Gasteiger charge is 2.22. The third kappa shape index (κ3) is 1.29. The number of rotatable bonds is 3. The van der Waals surface area contributed by atoms with E-state index in [1.165, 1.54) is 7.11 Å². The van der Waals surface area contributed by atoms with Crippen molar-refractivity contribution in [1.29, 1.82) is 0 Å². The molecule has 0 radical (unpaired) electrons. The summed E-state index contributed by atoms with van der Waals surface area (Å²) in [7, 11) is 1.34. The number of hydrogen-bond acceptors (Lipinski definition) is 5. The molecule has 1 N–H and O–H groups in total. The highest BCUT2D eigenvalue weighted by molar-refractivity contribution is 5.97. The van der Waals surface area contributed by atoms with Gasteiger partial charge in [0, 0.05) is 6.20 Å². The van der Waals surface area contributed by atoms with Gasteiger partial charge in [0.2, 0.25) is 5.75 Å². The molecule has 2 aromatic rings. The number of nitrogens with one attached hydrogen (secondary N) is 1. The molecule has 7 nitrogen and oxygen atoms in total. The van der Waals surface area contributed by atoms with E-state index in [0.29, 0.717) is 10.9 Å². The minimum absolute atomic E-state index is 0.00694. The van der Waals surface area contributed by atoms with Gasteiger partial charge in [-0.3, -0.25) is 10.1 Å². The number of nitroso groups, excluding NO2 is 1. The van der Waals surface area contributed by atoms with Gasteiger partial charge in [-0.2, -0.15) is 0 Å². The first-order valence-corrected chi connectivity index (χ1v) is 4.35. The lowest BCUT2D eigenvalue weighted by atomic mass is 10.2. The molecule has 0 aliphatic heterocycles. The molecule has 0 unspecified atom stereocenters. The van der Waals surface area contributed by atoms with Gasteiger partial charge in [0.15, 0.2) is 0 Å². The number of nitro benzene ring substituents is 1. The first kappa shape index (κ1) is 10.1. The van der Waals surface area contributed by atoms with Crippen LogP contribution in [0.15, 0.2) is 23.5 Å². The number of H-pyrrole nitrogens is 1. The summed E-state index contributed by atoms with van der Waals surface area (Å²) in [6.07, 6.45) is 1.56. The molecule has 0 aliphatic rings. The smallest absolute Gasteiger partial charge is 0.313 e. The number of aromatic amines is 1. The Bertz CT molecular complexity index is 575. The second-order valence-corrected chi connectivity index (χ2v) is 3.06. The van der Waals surface area contributed by atoms with Gasteiger partial charge in [-0.15, -0.1) is 4.91 Å². The molecule has 0 fully saturated rings. The zero-order chi connectivity index (χ0) is 11.7. The SMILES string of the molecule is COc1c([N+](=O)[O-])cc(N=O)c2[nH]ccc12. The second-order valence-electron chi connectivity index (χ2n) is 3.06. The minimum Gasteiger partial charge on any atom is -0.490 e. The Labute approximate surface area is 89.1 Å². The lowest BCUT2D eigenvalue weighted by Gasteiger charge is -2.03. The third-order valence-electron chi connectivity index (χ3n) is 2.25. The lowest BCUT2D eigenvalue weighted by Crippen LogP contribution is -1.94. The van der Waals surface area contributed by atoms with Gasteiger partial charge in [-0.1, -0.05) is 0 Å². The summed E-state index contributed by atoms with van der Waals surface area (Å²) < 4.78 is 4.97. The Morgan fingerprint density at radius 2 is 2.31 bits per heavy atom. The number of fused-ring (bicyclic) bond motifs is 1. The zero-order valence-electron chi connectivity index (χ0n) is 8.26. The van der Waals surface area contributed by atoms with Gasteiger partial charge in [-0.25, -0.2) is 0 Å². The van der Waals surface area contributed by atoms with Crippen LogP contribution in [-0.4, -0.2) is 17.0 Å². The van der Waals surface area contributed by atoms with Gasteiger partial charge in [0.05, 0.1) is 29.0 Å². The highest BCUT2D eigenvalue weighted by Crippen LogP contribution is 2.40. The fourth-order valence-electron chi connectivity index (χ4n) is 1.60. The van der Waals surface area contributed by atoms with Crippen LogP contribution in [0.25, 0.3) is 10.9 Å². The monoisotopic (exact) mass is 221 g/mol. The van der Waals surface area contributed by atoms with Crippen molar-refractivity contribution in [2.24, 2.45) is 5.18 Å². The molecule has 0 amide bonds. The van der Waals surface area contributed by atoms with Crippen molar-refractivity contribution in [3.8, 4) is 5.75 Å². The lowest BCUT2D eigenvalue weighted by molar-refractivity contribution is -0.385. The second kappa shape index (κ2) is 3.61. The summed E-state index contributed by atoms with van der Waals surface area (Å²) in [6.45, 7) is 0. The maximum atomic E-state index is 10.8. The van der Waals surface area contributed by atoms with E-state index >= 15 is 0 Å². The van der Waals surface area contributed by atoms with E-state index in [0.717, 1.165) is 6.07 Å². The molecule has 0 spiro atoms. The maximum Gasteiger partial charge on any atom is 0.313 e. The van der Waals surface area contributed by atoms with Crippen LogP contribution in [0.5, 0.6) is 5.75 Å². The number of nitro groups is 1. The molecule has 0 saturated heterocycles. The van der Waals surface area contributed by atoms with Crippen LogP contribution in [0.2, 0.25) is 0 Å². The van der Waals surface area contributed by atoms with Crippen LogP contribution in [0.1, 0.15) is 0 Å². The molecule has 82 valence electrons. The van der Waals surface area contributed by atoms with Crippen molar-refractivity contribution in [3.63, 3.8) is 0 Å². The molecule has 1 heterocycles. The van der Waals surface area contributed by atoms with Crippen molar-refractivity contribution in [3.05, 3.63) is 33.4 Å². The van der Waals surface area contributed by atoms with Crippen LogP contribution in [-0.2, 0) is 0 Å². The number of methoxy groups -OCH3 is 1. The largest absolute Gasteiger partial charge is 0.490 e. The summed E-state index contributed by atoms with van der Waals surface area (Å²) >= 11 is 0. The van der Waals surface area contributed by atoms with Crippen molar-refractivity contribution in [1.82, 2.24) is 4.98 Å². The molecule has 0 aliphatic carbocycles. The van der Waals surface area contributed by atoms with E-state index in [1.54, 1.807) is 12.3 Å². The predicted octanol–water partition coefficient (Wildman–Crippen LogP) is 2.48. The highest BCUT2D eigenvalue weighted by atomic mass is 16.6. The van der Waals surface area contributed by atoms with Crippen molar-refractivity contribution >= 4 is 22.3 Å². The Hall–Kier alpha value is -2.44.